The molecule has 0 aromatic rings. The fourth-order valence-electron chi connectivity index (χ4n) is 3.33. The Morgan fingerprint density at radius 3 is 2.47 bits per heavy atom. The maximum atomic E-state index is 12.3. The van der Waals surface area contributed by atoms with Crippen molar-refractivity contribution in [3.63, 3.8) is 0 Å². The number of carbonyl (C=O) groups excluding carboxylic acids is 2. The van der Waals surface area contributed by atoms with Crippen molar-refractivity contribution < 1.29 is 9.59 Å². The Kier molecular flexibility index (Phi) is 3.85. The van der Waals surface area contributed by atoms with Gasteiger partial charge >= 0.3 is 0 Å². The maximum Gasteiger partial charge on any atom is 0.227 e. The molecule has 3 N–H and O–H groups in total. The quantitative estimate of drug-likeness (QED) is 0.787. The van der Waals surface area contributed by atoms with Gasteiger partial charge in [-0.15, -0.1) is 0 Å². The molecule has 2 aliphatic rings. The van der Waals surface area contributed by atoms with E-state index in [1.54, 1.807) is 7.05 Å². The van der Waals surface area contributed by atoms with E-state index < -0.39 is 5.41 Å². The van der Waals surface area contributed by atoms with Crippen molar-refractivity contribution in [3.8, 4) is 0 Å². The molecule has 1 aliphatic carbocycles. The minimum atomic E-state index is -0.443. The molecule has 1 saturated heterocycles. The van der Waals surface area contributed by atoms with Gasteiger partial charge in [0.2, 0.25) is 11.8 Å². The van der Waals surface area contributed by atoms with Gasteiger partial charge in [0, 0.05) is 32.1 Å². The van der Waals surface area contributed by atoms with Crippen LogP contribution in [-0.2, 0) is 9.59 Å². The Bertz CT molecular complexity index is 377. The average molecular weight is 267 g/mol. The summed E-state index contributed by atoms with van der Waals surface area (Å²) in [6.07, 6.45) is 5.30. The number of nitrogens with two attached hydrogens (primary N) is 1. The summed E-state index contributed by atoms with van der Waals surface area (Å²) in [7, 11) is 1.64. The first-order valence-electron chi connectivity index (χ1n) is 7.17. The van der Waals surface area contributed by atoms with E-state index >= 15 is 0 Å². The van der Waals surface area contributed by atoms with Crippen LogP contribution in [0.1, 0.15) is 45.4 Å². The van der Waals surface area contributed by atoms with Crippen LogP contribution < -0.4 is 11.1 Å². The summed E-state index contributed by atoms with van der Waals surface area (Å²) in [4.78, 5) is 26.0. The zero-order chi connectivity index (χ0) is 14.1. The zero-order valence-corrected chi connectivity index (χ0v) is 12.0. The lowest BCUT2D eigenvalue weighted by molar-refractivity contribution is -0.133. The minimum Gasteiger partial charge on any atom is -0.359 e. The molecule has 2 amide bonds. The van der Waals surface area contributed by atoms with E-state index in [0.717, 1.165) is 32.1 Å². The van der Waals surface area contributed by atoms with Crippen molar-refractivity contribution >= 4 is 11.8 Å². The number of hydrogen-bond acceptors (Lipinski definition) is 3. The molecule has 5 heteroatoms. The molecule has 1 saturated carbocycles. The summed E-state index contributed by atoms with van der Waals surface area (Å²) < 4.78 is 0. The van der Waals surface area contributed by atoms with Crippen LogP contribution in [-0.4, -0.2) is 42.4 Å². The molecule has 108 valence electrons. The fraction of sp³-hybridized carbons (Fsp3) is 0.857. The first kappa shape index (κ1) is 14.3. The molecule has 0 aromatic carbocycles. The highest BCUT2D eigenvalue weighted by atomic mass is 16.2. The SMILES string of the molecule is CNC(=O)C1(C)CCN(C(=O)CC2(N)CCCC2)C1. The van der Waals surface area contributed by atoms with E-state index in [-0.39, 0.29) is 17.4 Å². The lowest BCUT2D eigenvalue weighted by atomic mass is 9.89. The van der Waals surface area contributed by atoms with Crippen LogP contribution in [0, 0.1) is 5.41 Å². The molecule has 0 aromatic heterocycles. The van der Waals surface area contributed by atoms with Gasteiger partial charge in [-0.3, -0.25) is 9.59 Å². The molecule has 5 nitrogen and oxygen atoms in total. The third-order valence-electron chi connectivity index (χ3n) is 4.70. The molecular weight excluding hydrogens is 242 g/mol. The summed E-state index contributed by atoms with van der Waals surface area (Å²) in [5.41, 5.74) is 5.51. The fourth-order valence-corrected chi connectivity index (χ4v) is 3.33. The van der Waals surface area contributed by atoms with Gasteiger partial charge in [-0.2, -0.15) is 0 Å². The first-order chi connectivity index (χ1) is 8.88. The highest BCUT2D eigenvalue weighted by Gasteiger charge is 2.43. The summed E-state index contributed by atoms with van der Waals surface area (Å²) in [6.45, 7) is 3.10. The molecule has 1 heterocycles. The van der Waals surface area contributed by atoms with Crippen LogP contribution >= 0.6 is 0 Å². The molecule has 0 radical (unpaired) electrons. The van der Waals surface area contributed by atoms with E-state index in [1.165, 1.54) is 0 Å². The Morgan fingerprint density at radius 2 is 1.89 bits per heavy atom. The molecule has 2 fully saturated rings. The lowest BCUT2D eigenvalue weighted by Crippen LogP contribution is -2.45. The molecular formula is C14H25N3O2. The predicted molar refractivity (Wildman–Crippen MR) is 73.4 cm³/mol. The second-order valence-corrected chi connectivity index (χ2v) is 6.45. The highest BCUT2D eigenvalue weighted by molar-refractivity contribution is 5.85. The number of hydrogen-bond donors (Lipinski definition) is 2. The third-order valence-corrected chi connectivity index (χ3v) is 4.70. The lowest BCUT2D eigenvalue weighted by Gasteiger charge is -2.27. The van der Waals surface area contributed by atoms with Crippen molar-refractivity contribution in [2.75, 3.05) is 20.1 Å². The summed E-state index contributed by atoms with van der Waals surface area (Å²) in [6, 6.07) is 0. The molecule has 19 heavy (non-hydrogen) atoms. The van der Waals surface area contributed by atoms with Crippen LogP contribution in [0.2, 0.25) is 0 Å². The predicted octanol–water partition coefficient (Wildman–Crippen LogP) is 0.633. The van der Waals surface area contributed by atoms with Crippen molar-refractivity contribution in [3.05, 3.63) is 0 Å². The molecule has 1 aliphatic heterocycles. The topological polar surface area (TPSA) is 75.4 Å². The van der Waals surface area contributed by atoms with Gasteiger partial charge < -0.3 is 16.0 Å². The number of likely N-dealkylation sites (tertiary alicyclic amines) is 1. The molecule has 2 rings (SSSR count). The third kappa shape index (κ3) is 2.91. The Balaban J connectivity index is 1.93. The number of nitrogens with one attached hydrogen (secondary N) is 1. The van der Waals surface area contributed by atoms with E-state index in [9.17, 15) is 9.59 Å². The maximum absolute atomic E-state index is 12.3. The number of carbonyl (C=O) groups is 2. The second-order valence-electron chi connectivity index (χ2n) is 6.45. The smallest absolute Gasteiger partial charge is 0.227 e. The second kappa shape index (κ2) is 5.12. The Hall–Kier alpha value is -1.10. The molecule has 0 bridgehead atoms. The van der Waals surface area contributed by atoms with Gasteiger partial charge in [0.15, 0.2) is 0 Å². The summed E-state index contributed by atoms with van der Waals surface area (Å²) in [5.74, 6) is 0.128. The van der Waals surface area contributed by atoms with E-state index in [1.807, 2.05) is 11.8 Å². The molecule has 1 unspecified atom stereocenters. The first-order valence-corrected chi connectivity index (χ1v) is 7.17. The Labute approximate surface area is 114 Å². The van der Waals surface area contributed by atoms with Gasteiger partial charge in [-0.05, 0) is 26.2 Å². The van der Waals surface area contributed by atoms with Gasteiger partial charge in [0.25, 0.3) is 0 Å². The van der Waals surface area contributed by atoms with Crippen LogP contribution in [0.3, 0.4) is 0 Å². The van der Waals surface area contributed by atoms with Crippen molar-refractivity contribution in [2.24, 2.45) is 11.1 Å². The van der Waals surface area contributed by atoms with E-state index in [4.69, 9.17) is 5.73 Å². The number of rotatable bonds is 3. The summed E-state index contributed by atoms with van der Waals surface area (Å²) in [5, 5.41) is 2.69. The monoisotopic (exact) mass is 267 g/mol. The largest absolute Gasteiger partial charge is 0.359 e. The van der Waals surface area contributed by atoms with Gasteiger partial charge in [-0.25, -0.2) is 0 Å². The van der Waals surface area contributed by atoms with Crippen LogP contribution in [0.25, 0.3) is 0 Å². The van der Waals surface area contributed by atoms with Crippen molar-refractivity contribution in [1.82, 2.24) is 10.2 Å². The van der Waals surface area contributed by atoms with Gasteiger partial charge in [0.05, 0.1) is 5.41 Å². The van der Waals surface area contributed by atoms with E-state index in [0.29, 0.717) is 19.5 Å². The zero-order valence-electron chi connectivity index (χ0n) is 12.0. The number of amides is 2. The van der Waals surface area contributed by atoms with Gasteiger partial charge in [-0.1, -0.05) is 12.8 Å². The van der Waals surface area contributed by atoms with Crippen LogP contribution in [0.5, 0.6) is 0 Å². The van der Waals surface area contributed by atoms with Crippen molar-refractivity contribution in [1.29, 1.82) is 0 Å². The highest BCUT2D eigenvalue weighted by Crippen LogP contribution is 2.34. The minimum absolute atomic E-state index is 0.0196. The van der Waals surface area contributed by atoms with Crippen molar-refractivity contribution in [2.45, 2.75) is 51.0 Å². The van der Waals surface area contributed by atoms with Crippen LogP contribution in [0.4, 0.5) is 0 Å². The normalized spacial score (nSPS) is 29.5. The van der Waals surface area contributed by atoms with E-state index in [2.05, 4.69) is 5.32 Å². The standard InChI is InChI=1S/C14H25N3O2/c1-13(12(19)16-2)7-8-17(10-13)11(18)9-14(15)5-3-4-6-14/h3-10,15H2,1-2H3,(H,16,19). The van der Waals surface area contributed by atoms with Gasteiger partial charge in [0.1, 0.15) is 0 Å². The average Bonchev–Trinajstić information content (AvgIpc) is 2.96. The van der Waals surface area contributed by atoms with Crippen LogP contribution in [0.15, 0.2) is 0 Å². The molecule has 1 atom stereocenters. The molecule has 0 spiro atoms. The number of nitrogens with zero attached hydrogens (tertiary/aromatic N) is 1. The Morgan fingerprint density at radius 1 is 1.26 bits per heavy atom. The summed E-state index contributed by atoms with van der Waals surface area (Å²) >= 11 is 0.